The van der Waals surface area contributed by atoms with E-state index in [9.17, 15) is 0 Å². The molecule has 0 bridgehead atoms. The first-order chi connectivity index (χ1) is 7.18. The van der Waals surface area contributed by atoms with Gasteiger partial charge in [0, 0.05) is 23.7 Å². The third kappa shape index (κ3) is 1.92. The van der Waals surface area contributed by atoms with Gasteiger partial charge in [-0.25, -0.2) is 9.97 Å². The van der Waals surface area contributed by atoms with Crippen molar-refractivity contribution in [3.63, 3.8) is 0 Å². The lowest BCUT2D eigenvalue weighted by Crippen LogP contribution is -1.97. The normalized spacial score (nSPS) is 10.3. The number of hydrogen-bond donors (Lipinski definition) is 1. The number of nitrogens with one attached hydrogen (secondary N) is 1. The van der Waals surface area contributed by atoms with E-state index in [-0.39, 0.29) is 0 Å². The fourth-order valence-electron chi connectivity index (χ4n) is 1.19. The third-order valence-corrected chi connectivity index (χ3v) is 2.61. The Labute approximate surface area is 92.5 Å². The molecule has 0 unspecified atom stereocenters. The molecular weight excluding hydrogens is 208 g/mol. The van der Waals surface area contributed by atoms with E-state index in [0.29, 0.717) is 16.2 Å². The van der Waals surface area contributed by atoms with E-state index in [2.05, 4.69) is 19.9 Å². The monoisotopic (exact) mass is 218 g/mol. The van der Waals surface area contributed by atoms with Crippen LogP contribution in [0.1, 0.15) is 11.3 Å². The van der Waals surface area contributed by atoms with Crippen LogP contribution >= 0.6 is 12.2 Å². The summed E-state index contributed by atoms with van der Waals surface area (Å²) in [6.07, 6.45) is 4.91. The Morgan fingerprint density at radius 2 is 2.07 bits per heavy atom. The minimum absolute atomic E-state index is 0.604. The first-order valence-corrected chi connectivity index (χ1v) is 4.93. The van der Waals surface area contributed by atoms with Crippen molar-refractivity contribution in [3.05, 3.63) is 34.5 Å². The number of nitrogens with zero attached hydrogens (tertiary/aromatic N) is 3. The molecule has 15 heavy (non-hydrogen) atoms. The molecule has 1 N–H and O–H groups in total. The van der Waals surface area contributed by atoms with Crippen molar-refractivity contribution in [2.45, 2.75) is 13.8 Å². The van der Waals surface area contributed by atoms with Crippen LogP contribution in [-0.2, 0) is 0 Å². The summed E-state index contributed by atoms with van der Waals surface area (Å²) in [6, 6.07) is 0. The van der Waals surface area contributed by atoms with E-state index in [0.717, 1.165) is 11.3 Å². The number of hydrogen-bond acceptors (Lipinski definition) is 4. The highest BCUT2D eigenvalue weighted by molar-refractivity contribution is 7.71. The predicted octanol–water partition coefficient (Wildman–Crippen LogP) is 2.21. The summed E-state index contributed by atoms with van der Waals surface area (Å²) >= 11 is 5.15. The molecule has 0 aliphatic rings. The second-order valence-corrected chi connectivity index (χ2v) is 3.62. The Balaban J connectivity index is 2.61. The lowest BCUT2D eigenvalue weighted by atomic mass is 10.2. The molecule has 0 atom stereocenters. The van der Waals surface area contributed by atoms with Gasteiger partial charge in [-0.15, -0.1) is 0 Å². The van der Waals surface area contributed by atoms with Crippen molar-refractivity contribution in [3.8, 4) is 11.5 Å². The molecule has 2 aromatic heterocycles. The maximum absolute atomic E-state index is 5.15. The second-order valence-electron chi connectivity index (χ2n) is 3.23. The predicted molar refractivity (Wildman–Crippen MR) is 59.9 cm³/mol. The van der Waals surface area contributed by atoms with Crippen LogP contribution in [0.2, 0.25) is 0 Å². The van der Waals surface area contributed by atoms with Gasteiger partial charge in [-0.1, -0.05) is 12.2 Å². The molecular formula is C10H10N4S. The van der Waals surface area contributed by atoms with Crippen LogP contribution < -0.4 is 0 Å². The van der Waals surface area contributed by atoms with E-state index >= 15 is 0 Å². The zero-order valence-electron chi connectivity index (χ0n) is 8.48. The summed E-state index contributed by atoms with van der Waals surface area (Å²) in [5.41, 5.74) is 2.71. The highest BCUT2D eigenvalue weighted by atomic mass is 32.1. The molecule has 0 saturated carbocycles. The van der Waals surface area contributed by atoms with Gasteiger partial charge < -0.3 is 4.98 Å². The number of aromatic nitrogens is 4. The van der Waals surface area contributed by atoms with Crippen LogP contribution in [0.5, 0.6) is 0 Å². The third-order valence-electron chi connectivity index (χ3n) is 2.21. The smallest absolute Gasteiger partial charge is 0.159 e. The molecule has 0 amide bonds. The number of aryl methyl sites for hydroxylation is 1. The topological polar surface area (TPSA) is 54.5 Å². The van der Waals surface area contributed by atoms with Crippen LogP contribution in [0.15, 0.2) is 18.6 Å². The summed E-state index contributed by atoms with van der Waals surface area (Å²) in [5.74, 6) is 0.663. The zero-order chi connectivity index (χ0) is 10.8. The molecule has 0 aromatic carbocycles. The molecule has 2 aromatic rings. The van der Waals surface area contributed by atoms with Gasteiger partial charge in [0.25, 0.3) is 0 Å². The molecule has 0 spiro atoms. The van der Waals surface area contributed by atoms with Crippen molar-refractivity contribution in [1.82, 2.24) is 19.9 Å². The lowest BCUT2D eigenvalue weighted by Gasteiger charge is -2.04. The van der Waals surface area contributed by atoms with Crippen LogP contribution in [0.25, 0.3) is 11.5 Å². The fourth-order valence-corrected chi connectivity index (χ4v) is 1.43. The molecule has 2 rings (SSSR count). The Hall–Kier alpha value is -1.62. The maximum atomic E-state index is 5.15. The SMILES string of the molecule is Cc1[nH]c(-c2cnccn2)nc(=S)c1C. The Morgan fingerprint density at radius 3 is 2.67 bits per heavy atom. The lowest BCUT2D eigenvalue weighted by molar-refractivity contribution is 1.03. The van der Waals surface area contributed by atoms with E-state index in [1.807, 2.05) is 13.8 Å². The van der Waals surface area contributed by atoms with Crippen molar-refractivity contribution >= 4 is 12.2 Å². The van der Waals surface area contributed by atoms with Gasteiger partial charge >= 0.3 is 0 Å². The summed E-state index contributed by atoms with van der Waals surface area (Å²) in [7, 11) is 0. The van der Waals surface area contributed by atoms with Crippen molar-refractivity contribution in [2.75, 3.05) is 0 Å². The fraction of sp³-hybridized carbons (Fsp3) is 0.200. The maximum Gasteiger partial charge on any atom is 0.159 e. The van der Waals surface area contributed by atoms with Crippen molar-refractivity contribution in [1.29, 1.82) is 0 Å². The van der Waals surface area contributed by atoms with Crippen LogP contribution in [0, 0.1) is 18.5 Å². The van der Waals surface area contributed by atoms with Crippen molar-refractivity contribution < 1.29 is 0 Å². The molecule has 5 heteroatoms. The van der Waals surface area contributed by atoms with Crippen LogP contribution in [0.4, 0.5) is 0 Å². The Bertz CT molecular complexity index is 533. The van der Waals surface area contributed by atoms with Gasteiger partial charge in [-0.3, -0.25) is 4.98 Å². The second kappa shape index (κ2) is 3.86. The summed E-state index contributed by atoms with van der Waals surface area (Å²) in [6.45, 7) is 3.91. The molecule has 76 valence electrons. The first-order valence-electron chi connectivity index (χ1n) is 4.52. The summed E-state index contributed by atoms with van der Waals surface area (Å²) in [4.78, 5) is 15.6. The van der Waals surface area contributed by atoms with E-state index in [1.54, 1.807) is 18.6 Å². The quantitative estimate of drug-likeness (QED) is 0.746. The van der Waals surface area contributed by atoms with Crippen molar-refractivity contribution in [2.24, 2.45) is 0 Å². The zero-order valence-corrected chi connectivity index (χ0v) is 9.30. The highest BCUT2D eigenvalue weighted by Crippen LogP contribution is 2.12. The van der Waals surface area contributed by atoms with Gasteiger partial charge in [0.15, 0.2) is 5.82 Å². The molecule has 4 nitrogen and oxygen atoms in total. The number of aromatic amines is 1. The first kappa shape index (κ1) is 9.92. The van der Waals surface area contributed by atoms with E-state index in [1.165, 1.54) is 0 Å². The van der Waals surface area contributed by atoms with Crippen LogP contribution in [0.3, 0.4) is 0 Å². The minimum Gasteiger partial charge on any atom is -0.342 e. The molecule has 0 aliphatic carbocycles. The molecule has 0 radical (unpaired) electrons. The average Bonchev–Trinajstić information content (AvgIpc) is 2.26. The molecule has 0 aliphatic heterocycles. The van der Waals surface area contributed by atoms with Gasteiger partial charge in [-0.2, -0.15) is 0 Å². The van der Waals surface area contributed by atoms with Gasteiger partial charge in [0.1, 0.15) is 10.3 Å². The van der Waals surface area contributed by atoms with Gasteiger partial charge in [-0.05, 0) is 13.8 Å². The summed E-state index contributed by atoms with van der Waals surface area (Å²) < 4.78 is 0.604. The number of rotatable bonds is 1. The van der Waals surface area contributed by atoms with Crippen LogP contribution in [-0.4, -0.2) is 19.9 Å². The Morgan fingerprint density at radius 1 is 1.27 bits per heavy atom. The molecule has 0 fully saturated rings. The van der Waals surface area contributed by atoms with Gasteiger partial charge in [0.2, 0.25) is 0 Å². The Kier molecular flexibility index (Phi) is 2.55. The average molecular weight is 218 g/mol. The minimum atomic E-state index is 0.604. The molecule has 0 saturated heterocycles. The van der Waals surface area contributed by atoms with E-state index in [4.69, 9.17) is 12.2 Å². The molecule has 2 heterocycles. The summed E-state index contributed by atoms with van der Waals surface area (Å²) in [5, 5.41) is 0. The highest BCUT2D eigenvalue weighted by Gasteiger charge is 2.04. The standard InChI is InChI=1S/C10H10N4S/c1-6-7(2)13-9(14-10(6)15)8-5-11-3-4-12-8/h3-5H,1-2H3,(H,13,14,15). The van der Waals surface area contributed by atoms with Gasteiger partial charge in [0.05, 0.1) is 6.20 Å². The number of H-pyrrole nitrogens is 1. The largest absolute Gasteiger partial charge is 0.342 e. The van der Waals surface area contributed by atoms with E-state index < -0.39 is 0 Å².